The molecule has 0 aromatic heterocycles. The maximum atomic E-state index is 10.5. The number of aliphatic carboxylic acids is 1. The monoisotopic (exact) mass is 332 g/mol. The predicted molar refractivity (Wildman–Crippen MR) is 68.5 cm³/mol. The Kier molecular flexibility index (Phi) is 8.04. The van der Waals surface area contributed by atoms with Crippen molar-refractivity contribution in [2.75, 3.05) is 11.2 Å². The van der Waals surface area contributed by atoms with Gasteiger partial charge in [0.2, 0.25) is 0 Å². The van der Waals surface area contributed by atoms with Crippen LogP contribution in [0.15, 0.2) is 0 Å². The van der Waals surface area contributed by atoms with Crippen LogP contribution in [0.3, 0.4) is 0 Å². The first-order valence-electron chi connectivity index (χ1n) is 4.48. The van der Waals surface area contributed by atoms with Crippen molar-refractivity contribution < 1.29 is 14.6 Å². The first kappa shape index (κ1) is 14.5. The molecule has 0 radical (unpaired) electrons. The molecule has 14 heavy (non-hydrogen) atoms. The first-order chi connectivity index (χ1) is 6.77. The van der Waals surface area contributed by atoms with Gasteiger partial charge in [0.1, 0.15) is 0 Å². The van der Waals surface area contributed by atoms with Crippen LogP contribution in [-0.4, -0.2) is 34.5 Å². The molecule has 3 atom stereocenters. The molecule has 2 fully saturated rings. The van der Waals surface area contributed by atoms with Gasteiger partial charge in [-0.05, 0) is 30.4 Å². The Morgan fingerprint density at radius 2 is 2.00 bits per heavy atom. The second-order valence-corrected chi connectivity index (χ2v) is 3.05. The molecule has 5 heteroatoms. The molecule has 0 aromatic carbocycles. The van der Waals surface area contributed by atoms with Gasteiger partial charge >= 0.3 is 5.97 Å². The zero-order chi connectivity index (χ0) is 11.1. The highest BCUT2D eigenvalue weighted by Crippen LogP contribution is 2.38. The fourth-order valence-electron chi connectivity index (χ4n) is 1.90. The Morgan fingerprint density at radius 1 is 1.43 bits per heavy atom. The minimum absolute atomic E-state index is 0.0301. The molecule has 0 saturated carbocycles. The molecule has 2 heterocycles. The standard InChI is InChI=1S/C7H10O3.CH3I.CH4S/c8-7(9)5-3-4-1-2-6(5)10-4;2*1-2/h4-6H,1-3H2,(H,8,9);1H3;2H,1H3. The van der Waals surface area contributed by atoms with Crippen molar-refractivity contribution in [1.29, 1.82) is 0 Å². The Morgan fingerprint density at radius 3 is 2.21 bits per heavy atom. The normalized spacial score (nSPS) is 32.4. The number of carboxylic acids is 1. The number of rotatable bonds is 1. The highest BCUT2D eigenvalue weighted by atomic mass is 127. The summed E-state index contributed by atoms with van der Waals surface area (Å²) in [5.74, 6) is -0.897. The van der Waals surface area contributed by atoms with Gasteiger partial charge in [0.15, 0.2) is 0 Å². The van der Waals surface area contributed by atoms with Crippen LogP contribution in [0.25, 0.3) is 0 Å². The Hall–Kier alpha value is 0.510. The van der Waals surface area contributed by atoms with E-state index >= 15 is 0 Å². The molecule has 3 unspecified atom stereocenters. The number of hydrogen-bond acceptors (Lipinski definition) is 3. The number of carboxylic acid groups (broad SMARTS) is 1. The van der Waals surface area contributed by atoms with Crippen LogP contribution in [0.1, 0.15) is 19.3 Å². The average Bonchev–Trinajstić information content (AvgIpc) is 2.85. The van der Waals surface area contributed by atoms with Crippen molar-refractivity contribution in [1.82, 2.24) is 0 Å². The lowest BCUT2D eigenvalue weighted by molar-refractivity contribution is -0.143. The summed E-state index contributed by atoms with van der Waals surface area (Å²) in [6.07, 6.45) is 4.73. The third kappa shape index (κ3) is 3.58. The maximum absolute atomic E-state index is 10.5. The van der Waals surface area contributed by atoms with Gasteiger partial charge in [-0.25, -0.2) is 0 Å². The molecule has 2 saturated heterocycles. The van der Waals surface area contributed by atoms with Crippen molar-refractivity contribution in [3.63, 3.8) is 0 Å². The molecule has 1 N–H and O–H groups in total. The third-order valence-corrected chi connectivity index (χ3v) is 2.42. The van der Waals surface area contributed by atoms with E-state index in [0.717, 1.165) is 19.3 Å². The van der Waals surface area contributed by atoms with Crippen LogP contribution in [0.5, 0.6) is 0 Å². The van der Waals surface area contributed by atoms with Crippen LogP contribution in [0.2, 0.25) is 0 Å². The fourth-order valence-corrected chi connectivity index (χ4v) is 1.90. The second kappa shape index (κ2) is 7.76. The maximum Gasteiger partial charge on any atom is 0.309 e. The van der Waals surface area contributed by atoms with Crippen molar-refractivity contribution in [3.8, 4) is 0 Å². The van der Waals surface area contributed by atoms with Crippen LogP contribution < -0.4 is 0 Å². The molecule has 2 rings (SSSR count). The molecule has 2 aliphatic heterocycles. The first-order valence-corrected chi connectivity index (χ1v) is 7.53. The van der Waals surface area contributed by atoms with Gasteiger partial charge in [-0.3, -0.25) is 4.79 Å². The average molecular weight is 332 g/mol. The number of fused-ring (bicyclic) bond motifs is 2. The summed E-state index contributed by atoms with van der Waals surface area (Å²) in [4.78, 5) is 12.5. The Bertz CT molecular complexity index is 177. The fraction of sp³-hybridized carbons (Fsp3) is 0.889. The number of hydrogen-bond donors (Lipinski definition) is 2. The van der Waals surface area contributed by atoms with E-state index in [9.17, 15) is 4.79 Å². The van der Waals surface area contributed by atoms with E-state index in [1.54, 1.807) is 6.26 Å². The number of carbonyl (C=O) groups is 1. The van der Waals surface area contributed by atoms with E-state index < -0.39 is 5.97 Å². The summed E-state index contributed by atoms with van der Waals surface area (Å²) in [5.41, 5.74) is 0. The van der Waals surface area contributed by atoms with Gasteiger partial charge in [-0.1, -0.05) is 22.6 Å². The molecule has 2 bridgehead atoms. The summed E-state index contributed by atoms with van der Waals surface area (Å²) < 4.78 is 5.37. The topological polar surface area (TPSA) is 46.5 Å². The van der Waals surface area contributed by atoms with Gasteiger partial charge in [0.05, 0.1) is 18.1 Å². The van der Waals surface area contributed by atoms with E-state index in [1.165, 1.54) is 0 Å². The van der Waals surface area contributed by atoms with E-state index in [2.05, 4.69) is 35.2 Å². The summed E-state index contributed by atoms with van der Waals surface area (Å²) in [6, 6.07) is 0. The Balaban J connectivity index is 0.000000379. The molecule has 84 valence electrons. The number of alkyl halides is 1. The molecule has 2 aliphatic rings. The molecule has 0 aromatic rings. The second-order valence-electron chi connectivity index (χ2n) is 3.05. The molecule has 3 nitrogen and oxygen atoms in total. The molecular weight excluding hydrogens is 315 g/mol. The van der Waals surface area contributed by atoms with Crippen molar-refractivity contribution in [2.45, 2.75) is 31.5 Å². The number of halogens is 1. The van der Waals surface area contributed by atoms with Gasteiger partial charge < -0.3 is 9.84 Å². The van der Waals surface area contributed by atoms with Crippen LogP contribution >= 0.6 is 35.2 Å². The lowest BCUT2D eigenvalue weighted by Gasteiger charge is -2.12. The lowest BCUT2D eigenvalue weighted by Crippen LogP contribution is -2.24. The van der Waals surface area contributed by atoms with E-state index in [0.29, 0.717) is 0 Å². The smallest absolute Gasteiger partial charge is 0.309 e. The van der Waals surface area contributed by atoms with Crippen molar-refractivity contribution >= 4 is 41.2 Å². The van der Waals surface area contributed by atoms with Crippen LogP contribution in [0, 0.1) is 5.92 Å². The zero-order valence-electron chi connectivity index (χ0n) is 8.44. The quantitative estimate of drug-likeness (QED) is 0.440. The summed E-state index contributed by atoms with van der Waals surface area (Å²) in [5, 5.41) is 8.66. The van der Waals surface area contributed by atoms with E-state index in [1.807, 2.05) is 4.93 Å². The van der Waals surface area contributed by atoms with Gasteiger partial charge in [0, 0.05) is 0 Å². The largest absolute Gasteiger partial charge is 0.481 e. The SMILES string of the molecule is CI.CS.O=C(O)C1CC2CCC1O2. The number of thiol groups is 1. The zero-order valence-corrected chi connectivity index (χ0v) is 11.5. The van der Waals surface area contributed by atoms with E-state index in [-0.39, 0.29) is 18.1 Å². The van der Waals surface area contributed by atoms with Crippen molar-refractivity contribution in [2.24, 2.45) is 5.92 Å². The summed E-state index contributed by atoms with van der Waals surface area (Å²) >= 11 is 5.68. The number of ether oxygens (including phenoxy) is 1. The van der Waals surface area contributed by atoms with E-state index in [4.69, 9.17) is 9.84 Å². The minimum atomic E-state index is -0.688. The summed E-state index contributed by atoms with van der Waals surface area (Å²) in [7, 11) is 0. The molecule has 0 spiro atoms. The van der Waals surface area contributed by atoms with Gasteiger partial charge in [-0.2, -0.15) is 12.6 Å². The highest BCUT2D eigenvalue weighted by molar-refractivity contribution is 14.1. The summed E-state index contributed by atoms with van der Waals surface area (Å²) in [6.45, 7) is 0. The predicted octanol–water partition coefficient (Wildman–Crippen LogP) is 2.24. The van der Waals surface area contributed by atoms with Crippen molar-refractivity contribution in [3.05, 3.63) is 0 Å². The van der Waals surface area contributed by atoms with Crippen LogP contribution in [0.4, 0.5) is 0 Å². The third-order valence-electron chi connectivity index (χ3n) is 2.42. The minimum Gasteiger partial charge on any atom is -0.481 e. The molecular formula is C9H17IO3S. The lowest BCUT2D eigenvalue weighted by atomic mass is 9.89. The van der Waals surface area contributed by atoms with Gasteiger partial charge in [-0.15, -0.1) is 0 Å². The van der Waals surface area contributed by atoms with Gasteiger partial charge in [0.25, 0.3) is 0 Å². The highest BCUT2D eigenvalue weighted by Gasteiger charge is 2.44. The Labute approximate surface area is 104 Å². The molecule has 0 aliphatic carbocycles. The molecule has 0 amide bonds. The van der Waals surface area contributed by atoms with Crippen LogP contribution in [-0.2, 0) is 9.53 Å².